The average Bonchev–Trinajstić information content (AvgIpc) is 2.10. The van der Waals surface area contributed by atoms with Crippen molar-refractivity contribution in [3.8, 4) is 0 Å². The minimum atomic E-state index is -0.774. The number of amides is 1. The summed E-state index contributed by atoms with van der Waals surface area (Å²) >= 11 is 0. The number of carbonyl (C=O) groups excluding carboxylic acids is 2. The summed E-state index contributed by atoms with van der Waals surface area (Å²) in [6.45, 7) is 2.79. The number of nitrogens with two attached hydrogens (primary N) is 2. The second-order valence-corrected chi connectivity index (χ2v) is 1.89. The lowest BCUT2D eigenvalue weighted by Crippen LogP contribution is -2.28. The van der Waals surface area contributed by atoms with Crippen molar-refractivity contribution in [3.63, 3.8) is 0 Å². The Labute approximate surface area is 74.4 Å². The quantitative estimate of drug-likeness (QED) is 0.204. The third kappa shape index (κ3) is 6.35. The molecule has 0 aliphatic carbocycles. The van der Waals surface area contributed by atoms with Crippen molar-refractivity contribution in [2.45, 2.75) is 0 Å². The van der Waals surface area contributed by atoms with Crippen molar-refractivity contribution in [2.24, 2.45) is 16.5 Å². The number of nitrogens with zero attached hydrogens (tertiary/aromatic N) is 1. The van der Waals surface area contributed by atoms with Crippen molar-refractivity contribution in [1.82, 2.24) is 5.48 Å². The maximum Gasteiger partial charge on any atom is 0.353 e. The van der Waals surface area contributed by atoms with Crippen LogP contribution in [0.5, 0.6) is 0 Å². The zero-order chi connectivity index (χ0) is 10.3. The number of guanidine groups is 1. The molecule has 0 bridgehead atoms. The molecule has 0 aliphatic heterocycles. The molecule has 1 amide bonds. The highest BCUT2D eigenvalue weighted by Crippen LogP contribution is 1.76. The molecule has 0 fully saturated rings. The van der Waals surface area contributed by atoms with E-state index in [-0.39, 0.29) is 12.5 Å². The molecular weight excluding hydrogens is 176 g/mol. The summed E-state index contributed by atoms with van der Waals surface area (Å²) in [5.41, 5.74) is 11.7. The molecule has 0 heterocycles. The maximum atomic E-state index is 10.7. The first-order valence-electron chi connectivity index (χ1n) is 3.23. The molecule has 72 valence electrons. The molecule has 7 nitrogen and oxygen atoms in total. The summed E-state index contributed by atoms with van der Waals surface area (Å²) in [5, 5.41) is 0. The Balaban J connectivity index is 3.70. The minimum Gasteiger partial charge on any atom is -0.370 e. The first kappa shape index (κ1) is 11.0. The lowest BCUT2D eigenvalue weighted by atomic mass is 10.6. The van der Waals surface area contributed by atoms with E-state index in [1.54, 1.807) is 5.48 Å². The molecule has 0 saturated heterocycles. The van der Waals surface area contributed by atoms with E-state index in [1.807, 2.05) is 0 Å². The van der Waals surface area contributed by atoms with E-state index in [1.165, 1.54) is 0 Å². The van der Waals surface area contributed by atoms with Gasteiger partial charge >= 0.3 is 5.97 Å². The summed E-state index contributed by atoms with van der Waals surface area (Å²) in [6.07, 6.45) is 0.952. The number of hydrogen-bond donors (Lipinski definition) is 3. The van der Waals surface area contributed by atoms with Crippen LogP contribution in [0.3, 0.4) is 0 Å². The first-order valence-corrected chi connectivity index (χ1v) is 3.23. The molecular formula is C6H10N4O3. The van der Waals surface area contributed by atoms with Crippen LogP contribution in [0.15, 0.2) is 17.6 Å². The Morgan fingerprint density at radius 1 is 1.54 bits per heavy atom. The Kier molecular flexibility index (Phi) is 4.70. The van der Waals surface area contributed by atoms with E-state index in [9.17, 15) is 9.59 Å². The Bertz CT molecular complexity index is 244. The Morgan fingerprint density at radius 3 is 2.62 bits per heavy atom. The molecule has 0 atom stereocenters. The van der Waals surface area contributed by atoms with E-state index in [4.69, 9.17) is 11.5 Å². The van der Waals surface area contributed by atoms with Crippen molar-refractivity contribution < 1.29 is 14.4 Å². The van der Waals surface area contributed by atoms with Gasteiger partial charge in [-0.1, -0.05) is 6.58 Å². The molecule has 0 aromatic rings. The van der Waals surface area contributed by atoms with Crippen LogP contribution in [-0.2, 0) is 14.4 Å². The first-order chi connectivity index (χ1) is 6.06. The predicted molar refractivity (Wildman–Crippen MR) is 45.1 cm³/mol. The molecule has 13 heavy (non-hydrogen) atoms. The van der Waals surface area contributed by atoms with Crippen LogP contribution in [0.4, 0.5) is 0 Å². The van der Waals surface area contributed by atoms with E-state index in [2.05, 4.69) is 16.4 Å². The Morgan fingerprint density at radius 2 is 2.15 bits per heavy atom. The summed E-state index contributed by atoms with van der Waals surface area (Å²) in [4.78, 5) is 28.7. The number of nitrogens with one attached hydrogen (secondary N) is 1. The third-order valence-electron chi connectivity index (χ3n) is 0.842. The smallest absolute Gasteiger partial charge is 0.353 e. The molecule has 0 radical (unpaired) electrons. The van der Waals surface area contributed by atoms with Gasteiger partial charge in [0, 0.05) is 0 Å². The van der Waals surface area contributed by atoms with Gasteiger partial charge in [0.25, 0.3) is 5.91 Å². The third-order valence-corrected chi connectivity index (χ3v) is 0.842. The van der Waals surface area contributed by atoms with Gasteiger partial charge in [0.1, 0.15) is 6.54 Å². The number of hydroxylamine groups is 1. The molecule has 0 spiro atoms. The zero-order valence-electron chi connectivity index (χ0n) is 6.82. The van der Waals surface area contributed by atoms with Gasteiger partial charge in [-0.05, 0) is 6.08 Å². The van der Waals surface area contributed by atoms with Crippen LogP contribution in [-0.4, -0.2) is 24.4 Å². The molecule has 0 aliphatic rings. The molecule has 0 saturated carbocycles. The van der Waals surface area contributed by atoms with Gasteiger partial charge in [-0.25, -0.2) is 9.79 Å². The SMILES string of the molecule is C=CC(=O)NOC(=O)CN=C(N)N. The Hall–Kier alpha value is -2.05. The van der Waals surface area contributed by atoms with Gasteiger partial charge < -0.3 is 16.3 Å². The van der Waals surface area contributed by atoms with Gasteiger partial charge in [-0.2, -0.15) is 5.48 Å². The normalized spacial score (nSPS) is 8.31. The number of carbonyl (C=O) groups is 2. The largest absolute Gasteiger partial charge is 0.370 e. The lowest BCUT2D eigenvalue weighted by molar-refractivity contribution is -0.155. The molecule has 0 unspecified atom stereocenters. The van der Waals surface area contributed by atoms with Crippen LogP contribution < -0.4 is 16.9 Å². The van der Waals surface area contributed by atoms with Gasteiger partial charge in [-0.3, -0.25) is 4.79 Å². The van der Waals surface area contributed by atoms with Gasteiger partial charge in [-0.15, -0.1) is 0 Å². The topological polar surface area (TPSA) is 120 Å². The molecule has 0 rings (SSSR count). The lowest BCUT2D eigenvalue weighted by Gasteiger charge is -2.00. The predicted octanol–water partition coefficient (Wildman–Crippen LogP) is -1.98. The number of rotatable bonds is 3. The maximum absolute atomic E-state index is 10.7. The summed E-state index contributed by atoms with van der Waals surface area (Å²) in [7, 11) is 0. The van der Waals surface area contributed by atoms with Crippen molar-refractivity contribution in [2.75, 3.05) is 6.54 Å². The zero-order valence-corrected chi connectivity index (χ0v) is 6.82. The van der Waals surface area contributed by atoms with Gasteiger partial charge in [0.2, 0.25) is 0 Å². The molecule has 5 N–H and O–H groups in total. The van der Waals surface area contributed by atoms with Gasteiger partial charge in [0.15, 0.2) is 5.96 Å². The second kappa shape index (κ2) is 5.58. The number of hydrogen-bond acceptors (Lipinski definition) is 4. The highest BCUT2D eigenvalue weighted by molar-refractivity contribution is 5.87. The average molecular weight is 186 g/mol. The summed E-state index contributed by atoms with van der Waals surface area (Å²) < 4.78 is 0. The van der Waals surface area contributed by atoms with E-state index in [0.717, 1.165) is 6.08 Å². The summed E-state index contributed by atoms with van der Waals surface area (Å²) in [6, 6.07) is 0. The van der Waals surface area contributed by atoms with E-state index >= 15 is 0 Å². The van der Waals surface area contributed by atoms with Crippen LogP contribution in [0.2, 0.25) is 0 Å². The second-order valence-electron chi connectivity index (χ2n) is 1.89. The van der Waals surface area contributed by atoms with Crippen LogP contribution in [0, 0.1) is 0 Å². The van der Waals surface area contributed by atoms with E-state index in [0.29, 0.717) is 0 Å². The van der Waals surface area contributed by atoms with Crippen LogP contribution in [0.1, 0.15) is 0 Å². The highest BCUT2D eigenvalue weighted by Gasteiger charge is 2.02. The van der Waals surface area contributed by atoms with Crippen LogP contribution in [0.25, 0.3) is 0 Å². The fourth-order valence-corrected chi connectivity index (χ4v) is 0.337. The summed E-state index contributed by atoms with van der Waals surface area (Å²) in [5.74, 6) is -1.63. The van der Waals surface area contributed by atoms with E-state index < -0.39 is 11.9 Å². The molecule has 0 aromatic carbocycles. The molecule has 7 heteroatoms. The highest BCUT2D eigenvalue weighted by atomic mass is 16.7. The standard InChI is InChI=1S/C6H10N4O3/c1-2-4(11)10-13-5(12)3-9-6(7)8/h2H,1,3H2,(H,10,11)(H4,7,8,9). The van der Waals surface area contributed by atoms with Crippen molar-refractivity contribution >= 4 is 17.8 Å². The fraction of sp³-hybridized carbons (Fsp3) is 0.167. The molecule has 0 aromatic heterocycles. The van der Waals surface area contributed by atoms with Crippen molar-refractivity contribution in [1.29, 1.82) is 0 Å². The van der Waals surface area contributed by atoms with Crippen molar-refractivity contribution in [3.05, 3.63) is 12.7 Å². The van der Waals surface area contributed by atoms with Gasteiger partial charge in [0.05, 0.1) is 0 Å². The monoisotopic (exact) mass is 186 g/mol. The fourth-order valence-electron chi connectivity index (χ4n) is 0.337. The van der Waals surface area contributed by atoms with Crippen LogP contribution >= 0.6 is 0 Å². The minimum absolute atomic E-state index is 0.230. The number of aliphatic imine (C=N–C) groups is 1.